The van der Waals surface area contributed by atoms with E-state index in [1.807, 2.05) is 0 Å². The molecular weight excluding hydrogens is 292 g/mol. The van der Waals surface area contributed by atoms with E-state index in [1.54, 1.807) is 0 Å². The number of pyridine rings is 1. The van der Waals surface area contributed by atoms with Crippen molar-refractivity contribution in [2.24, 2.45) is 0 Å². The van der Waals surface area contributed by atoms with Crippen LogP contribution in [-0.4, -0.2) is 4.98 Å². The molecule has 0 fully saturated rings. The van der Waals surface area contributed by atoms with Crippen molar-refractivity contribution in [1.82, 2.24) is 4.98 Å². The lowest BCUT2D eigenvalue weighted by molar-refractivity contribution is -0.138. The topological polar surface area (TPSA) is 12.9 Å². The van der Waals surface area contributed by atoms with Gasteiger partial charge in [-0.15, -0.1) is 0 Å². The first kappa shape index (κ1) is 12.3. The summed E-state index contributed by atoms with van der Waals surface area (Å²) in [5.74, 6) is -1.69. The second-order valence-corrected chi connectivity index (χ2v) is 3.28. The van der Waals surface area contributed by atoms with Gasteiger partial charge in [0.15, 0.2) is 5.82 Å². The van der Waals surface area contributed by atoms with Gasteiger partial charge in [-0.05, 0) is 15.9 Å². The lowest BCUT2D eigenvalue weighted by Gasteiger charge is -2.10. The Kier molecular flexibility index (Phi) is 3.27. The maximum Gasteiger partial charge on any atom is 0.419 e. The molecular formula is C7H2BrF6N. The monoisotopic (exact) mass is 293 g/mol. The third-order valence-corrected chi connectivity index (χ3v) is 2.27. The lowest BCUT2D eigenvalue weighted by Crippen LogP contribution is -2.10. The highest BCUT2D eigenvalue weighted by Gasteiger charge is 2.36. The van der Waals surface area contributed by atoms with Crippen molar-refractivity contribution in [1.29, 1.82) is 0 Å². The third-order valence-electron chi connectivity index (χ3n) is 1.50. The van der Waals surface area contributed by atoms with E-state index in [1.165, 1.54) is 0 Å². The summed E-state index contributed by atoms with van der Waals surface area (Å²) in [6, 6.07) is 0. The molecule has 0 atom stereocenters. The van der Waals surface area contributed by atoms with E-state index in [0.29, 0.717) is 0 Å². The second kappa shape index (κ2) is 3.99. The standard InChI is InChI=1S/C7H2BrF6N/c8-3-2(7(12,13)14)1-15-5(4(3)9)6(10)11/h1,6H. The van der Waals surface area contributed by atoms with Crippen LogP contribution in [0.3, 0.4) is 0 Å². The maximum atomic E-state index is 13.0. The minimum atomic E-state index is -4.84. The normalized spacial score (nSPS) is 12.3. The molecule has 0 radical (unpaired) electrons. The second-order valence-electron chi connectivity index (χ2n) is 2.48. The average molecular weight is 294 g/mol. The molecule has 0 saturated carbocycles. The van der Waals surface area contributed by atoms with Crippen molar-refractivity contribution in [3.63, 3.8) is 0 Å². The number of rotatable bonds is 1. The Morgan fingerprint density at radius 2 is 1.80 bits per heavy atom. The Balaban J connectivity index is 3.34. The molecule has 1 nitrogen and oxygen atoms in total. The van der Waals surface area contributed by atoms with Crippen molar-refractivity contribution >= 4 is 15.9 Å². The van der Waals surface area contributed by atoms with Crippen LogP contribution in [0.5, 0.6) is 0 Å². The van der Waals surface area contributed by atoms with E-state index in [2.05, 4.69) is 20.9 Å². The van der Waals surface area contributed by atoms with E-state index < -0.39 is 34.1 Å². The van der Waals surface area contributed by atoms with Gasteiger partial charge in [0.05, 0.1) is 10.0 Å². The van der Waals surface area contributed by atoms with Gasteiger partial charge in [0.1, 0.15) is 5.69 Å². The van der Waals surface area contributed by atoms with Crippen LogP contribution in [0.4, 0.5) is 26.3 Å². The van der Waals surface area contributed by atoms with E-state index in [4.69, 9.17) is 0 Å². The third kappa shape index (κ3) is 2.42. The molecule has 0 unspecified atom stereocenters. The van der Waals surface area contributed by atoms with Crippen molar-refractivity contribution in [3.05, 3.63) is 27.7 Å². The van der Waals surface area contributed by atoms with Crippen LogP contribution in [0, 0.1) is 5.82 Å². The van der Waals surface area contributed by atoms with Gasteiger partial charge in [0.25, 0.3) is 6.43 Å². The Labute approximate surface area is 88.2 Å². The SMILES string of the molecule is Fc1c(C(F)F)ncc(C(F)(F)F)c1Br. The van der Waals surface area contributed by atoms with Crippen molar-refractivity contribution in [3.8, 4) is 0 Å². The van der Waals surface area contributed by atoms with E-state index in [9.17, 15) is 26.3 Å². The smallest absolute Gasteiger partial charge is 0.251 e. The van der Waals surface area contributed by atoms with Gasteiger partial charge >= 0.3 is 6.18 Å². The highest BCUT2D eigenvalue weighted by molar-refractivity contribution is 9.10. The number of hydrogen-bond acceptors (Lipinski definition) is 1. The van der Waals surface area contributed by atoms with Crippen LogP contribution in [0.1, 0.15) is 17.7 Å². The van der Waals surface area contributed by atoms with Gasteiger partial charge in [-0.1, -0.05) is 0 Å². The van der Waals surface area contributed by atoms with Crippen molar-refractivity contribution in [2.45, 2.75) is 12.6 Å². The molecule has 15 heavy (non-hydrogen) atoms. The van der Waals surface area contributed by atoms with Gasteiger partial charge < -0.3 is 0 Å². The average Bonchev–Trinajstić information content (AvgIpc) is 2.06. The highest BCUT2D eigenvalue weighted by atomic mass is 79.9. The first-order valence-corrected chi connectivity index (χ1v) is 4.23. The van der Waals surface area contributed by atoms with Gasteiger partial charge in [-0.2, -0.15) is 13.2 Å². The molecule has 0 bridgehead atoms. The number of nitrogens with zero attached hydrogens (tertiary/aromatic N) is 1. The Morgan fingerprint density at radius 1 is 1.27 bits per heavy atom. The summed E-state index contributed by atoms with van der Waals surface area (Å²) in [7, 11) is 0. The molecule has 1 aromatic rings. The quantitative estimate of drug-likeness (QED) is 0.715. The van der Waals surface area contributed by atoms with Crippen LogP contribution >= 0.6 is 15.9 Å². The molecule has 0 spiro atoms. The van der Waals surface area contributed by atoms with Crippen molar-refractivity contribution < 1.29 is 26.3 Å². The molecule has 0 saturated heterocycles. The summed E-state index contributed by atoms with van der Waals surface area (Å²) in [6.07, 6.45) is -7.94. The molecule has 0 aliphatic carbocycles. The molecule has 0 aliphatic rings. The van der Waals surface area contributed by atoms with Gasteiger partial charge in [0.2, 0.25) is 0 Å². The minimum absolute atomic E-state index is 0.161. The summed E-state index contributed by atoms with van der Waals surface area (Å²) in [6.45, 7) is 0. The number of alkyl halides is 5. The summed E-state index contributed by atoms with van der Waals surface area (Å²) in [5, 5.41) is 0. The molecule has 0 N–H and O–H groups in total. The fourth-order valence-corrected chi connectivity index (χ4v) is 1.36. The van der Waals surface area contributed by atoms with Crippen LogP contribution in [0.25, 0.3) is 0 Å². The van der Waals surface area contributed by atoms with Crippen LogP contribution in [0.15, 0.2) is 10.7 Å². The van der Waals surface area contributed by atoms with Gasteiger partial charge in [-0.3, -0.25) is 4.98 Å². The molecule has 0 aliphatic heterocycles. The van der Waals surface area contributed by atoms with Gasteiger partial charge in [0, 0.05) is 6.20 Å². The van der Waals surface area contributed by atoms with Gasteiger partial charge in [-0.25, -0.2) is 13.2 Å². The Morgan fingerprint density at radius 3 is 2.20 bits per heavy atom. The zero-order valence-corrected chi connectivity index (χ0v) is 8.33. The first-order valence-electron chi connectivity index (χ1n) is 3.44. The lowest BCUT2D eigenvalue weighted by atomic mass is 10.2. The zero-order valence-electron chi connectivity index (χ0n) is 6.75. The molecule has 8 heteroatoms. The predicted octanol–water partition coefficient (Wildman–Crippen LogP) is 3.94. The van der Waals surface area contributed by atoms with E-state index in [0.717, 1.165) is 0 Å². The van der Waals surface area contributed by atoms with Crippen LogP contribution in [0.2, 0.25) is 0 Å². The molecule has 1 rings (SSSR count). The fraction of sp³-hybridized carbons (Fsp3) is 0.286. The molecule has 0 aromatic carbocycles. The Hall–Kier alpha value is -0.790. The largest absolute Gasteiger partial charge is 0.419 e. The van der Waals surface area contributed by atoms with Crippen LogP contribution in [-0.2, 0) is 6.18 Å². The number of hydrogen-bond donors (Lipinski definition) is 0. The molecule has 1 aromatic heterocycles. The summed E-state index contributed by atoms with van der Waals surface area (Å²) in [4.78, 5) is 2.73. The van der Waals surface area contributed by atoms with E-state index >= 15 is 0 Å². The minimum Gasteiger partial charge on any atom is -0.251 e. The van der Waals surface area contributed by atoms with E-state index in [-0.39, 0.29) is 6.20 Å². The summed E-state index contributed by atoms with van der Waals surface area (Å²) < 4.78 is 72.4. The maximum absolute atomic E-state index is 13.0. The molecule has 84 valence electrons. The Bertz CT molecular complexity index is 374. The fourth-order valence-electron chi connectivity index (χ4n) is 0.828. The highest BCUT2D eigenvalue weighted by Crippen LogP contribution is 2.37. The van der Waals surface area contributed by atoms with Crippen LogP contribution < -0.4 is 0 Å². The summed E-state index contributed by atoms with van der Waals surface area (Å²) in [5.41, 5.74) is -2.74. The predicted molar refractivity (Wildman–Crippen MR) is 41.9 cm³/mol. The molecule has 1 heterocycles. The summed E-state index contributed by atoms with van der Waals surface area (Å²) >= 11 is 2.27. The number of halogens is 7. The van der Waals surface area contributed by atoms with Crippen molar-refractivity contribution in [2.75, 3.05) is 0 Å². The first-order chi connectivity index (χ1) is 6.75. The number of aromatic nitrogens is 1. The zero-order chi connectivity index (χ0) is 11.8. The molecule has 0 amide bonds.